The quantitative estimate of drug-likeness (QED) is 0.485. The largest absolute Gasteiger partial charge is 0.375 e. The predicted molar refractivity (Wildman–Crippen MR) is 42.9 cm³/mol. The Morgan fingerprint density at radius 3 is 2.67 bits per heavy atom. The van der Waals surface area contributed by atoms with Gasteiger partial charge in [0.05, 0.1) is 0 Å². The highest BCUT2D eigenvalue weighted by atomic mass is 19.3. The summed E-state index contributed by atoms with van der Waals surface area (Å²) in [5.41, 5.74) is 5.49. The van der Waals surface area contributed by atoms with Crippen LogP contribution in [0.3, 0.4) is 0 Å². The summed E-state index contributed by atoms with van der Waals surface area (Å²) < 4.78 is 27.7. The molecular formula is C8H13F2NO. The summed E-state index contributed by atoms with van der Waals surface area (Å²) in [6, 6.07) is -0.146. The molecule has 1 atom stereocenters. The summed E-state index contributed by atoms with van der Waals surface area (Å²) in [7, 11) is 0. The van der Waals surface area contributed by atoms with E-state index in [9.17, 15) is 8.78 Å². The fourth-order valence-electron chi connectivity index (χ4n) is 0.661. The van der Waals surface area contributed by atoms with E-state index >= 15 is 0 Å². The minimum atomic E-state index is -2.41. The molecule has 0 aliphatic carbocycles. The standard InChI is InChI=1S/C8H13F2NO/c1-2-3-7(11)4-5-12-6-8(9)10/h1,7-8H,3-6,11H2. The van der Waals surface area contributed by atoms with Crippen molar-refractivity contribution in [3.8, 4) is 12.3 Å². The first-order valence-corrected chi connectivity index (χ1v) is 3.71. The van der Waals surface area contributed by atoms with Gasteiger partial charge in [-0.25, -0.2) is 8.78 Å². The van der Waals surface area contributed by atoms with Crippen molar-refractivity contribution in [2.45, 2.75) is 25.3 Å². The first kappa shape index (κ1) is 11.3. The third kappa shape index (κ3) is 7.45. The van der Waals surface area contributed by atoms with Gasteiger partial charge in [-0.3, -0.25) is 0 Å². The highest BCUT2D eigenvalue weighted by molar-refractivity contribution is 4.88. The van der Waals surface area contributed by atoms with Crippen molar-refractivity contribution in [3.63, 3.8) is 0 Å². The van der Waals surface area contributed by atoms with Crippen molar-refractivity contribution in [1.29, 1.82) is 0 Å². The number of hydrogen-bond acceptors (Lipinski definition) is 2. The molecular weight excluding hydrogens is 164 g/mol. The normalized spacial score (nSPS) is 12.9. The summed E-state index contributed by atoms with van der Waals surface area (Å²) >= 11 is 0. The zero-order chi connectivity index (χ0) is 9.40. The summed E-state index contributed by atoms with van der Waals surface area (Å²) in [5.74, 6) is 2.39. The molecule has 0 amide bonds. The van der Waals surface area contributed by atoms with Crippen molar-refractivity contribution >= 4 is 0 Å². The van der Waals surface area contributed by atoms with E-state index in [4.69, 9.17) is 12.2 Å². The highest BCUT2D eigenvalue weighted by Crippen LogP contribution is 1.97. The van der Waals surface area contributed by atoms with Gasteiger partial charge in [0.15, 0.2) is 0 Å². The molecule has 0 aliphatic heterocycles. The second-order valence-electron chi connectivity index (χ2n) is 2.42. The van der Waals surface area contributed by atoms with Crippen LogP contribution < -0.4 is 5.73 Å². The van der Waals surface area contributed by atoms with Gasteiger partial charge in [-0.05, 0) is 6.42 Å². The van der Waals surface area contributed by atoms with Crippen molar-refractivity contribution in [2.24, 2.45) is 5.73 Å². The van der Waals surface area contributed by atoms with Gasteiger partial charge in [-0.15, -0.1) is 12.3 Å². The van der Waals surface area contributed by atoms with Crippen molar-refractivity contribution in [2.75, 3.05) is 13.2 Å². The second kappa shape index (κ2) is 7.01. The maximum atomic E-state index is 11.5. The summed E-state index contributed by atoms with van der Waals surface area (Å²) in [4.78, 5) is 0. The lowest BCUT2D eigenvalue weighted by atomic mass is 10.2. The third-order valence-electron chi connectivity index (χ3n) is 1.26. The molecule has 0 aliphatic rings. The Morgan fingerprint density at radius 2 is 2.17 bits per heavy atom. The van der Waals surface area contributed by atoms with Crippen LogP contribution in [-0.4, -0.2) is 25.7 Å². The molecule has 0 saturated heterocycles. The van der Waals surface area contributed by atoms with Crippen LogP contribution in [0.2, 0.25) is 0 Å². The Bertz CT molecular complexity index is 144. The van der Waals surface area contributed by atoms with E-state index in [1.807, 2.05) is 0 Å². The number of halogens is 2. The lowest BCUT2D eigenvalue weighted by molar-refractivity contribution is 0.0153. The van der Waals surface area contributed by atoms with E-state index in [-0.39, 0.29) is 12.6 Å². The SMILES string of the molecule is C#CCC(N)CCOCC(F)F. The molecule has 0 fully saturated rings. The maximum absolute atomic E-state index is 11.5. The summed E-state index contributed by atoms with van der Waals surface area (Å²) in [6.45, 7) is -0.282. The summed E-state index contributed by atoms with van der Waals surface area (Å²) in [6.07, 6.45) is 3.56. The topological polar surface area (TPSA) is 35.2 Å². The smallest absolute Gasteiger partial charge is 0.261 e. The molecule has 0 aromatic carbocycles. The van der Waals surface area contributed by atoms with Gasteiger partial charge in [0.2, 0.25) is 0 Å². The average molecular weight is 177 g/mol. The van der Waals surface area contributed by atoms with E-state index in [2.05, 4.69) is 10.7 Å². The van der Waals surface area contributed by atoms with Crippen LogP contribution in [0, 0.1) is 12.3 Å². The average Bonchev–Trinajstić information content (AvgIpc) is 1.98. The van der Waals surface area contributed by atoms with Gasteiger partial charge in [-0.2, -0.15) is 0 Å². The van der Waals surface area contributed by atoms with Crippen molar-refractivity contribution in [3.05, 3.63) is 0 Å². The third-order valence-corrected chi connectivity index (χ3v) is 1.26. The molecule has 2 N–H and O–H groups in total. The number of hydrogen-bond donors (Lipinski definition) is 1. The molecule has 0 rings (SSSR count). The molecule has 0 spiro atoms. The number of nitrogens with two attached hydrogens (primary N) is 1. The molecule has 0 radical (unpaired) electrons. The molecule has 0 heterocycles. The fraction of sp³-hybridized carbons (Fsp3) is 0.750. The van der Waals surface area contributed by atoms with Gasteiger partial charge in [0, 0.05) is 19.1 Å². The van der Waals surface area contributed by atoms with Gasteiger partial charge in [0.25, 0.3) is 6.43 Å². The molecule has 0 bridgehead atoms. The van der Waals surface area contributed by atoms with Crippen LogP contribution in [0.15, 0.2) is 0 Å². The lowest BCUT2D eigenvalue weighted by Gasteiger charge is -2.07. The van der Waals surface area contributed by atoms with E-state index in [0.29, 0.717) is 12.8 Å². The van der Waals surface area contributed by atoms with Gasteiger partial charge in [0.1, 0.15) is 6.61 Å². The first-order chi connectivity index (χ1) is 5.66. The zero-order valence-corrected chi connectivity index (χ0v) is 6.80. The zero-order valence-electron chi connectivity index (χ0n) is 6.80. The maximum Gasteiger partial charge on any atom is 0.261 e. The van der Waals surface area contributed by atoms with Crippen LogP contribution >= 0.6 is 0 Å². The van der Waals surface area contributed by atoms with E-state index < -0.39 is 13.0 Å². The molecule has 12 heavy (non-hydrogen) atoms. The Labute approximate surface area is 71.1 Å². The molecule has 2 nitrogen and oxygen atoms in total. The molecule has 0 saturated carbocycles. The van der Waals surface area contributed by atoms with Crippen molar-refractivity contribution in [1.82, 2.24) is 0 Å². The van der Waals surface area contributed by atoms with E-state index in [0.717, 1.165) is 0 Å². The van der Waals surface area contributed by atoms with Crippen LogP contribution in [0.1, 0.15) is 12.8 Å². The Morgan fingerprint density at radius 1 is 1.50 bits per heavy atom. The predicted octanol–water partition coefficient (Wildman–Crippen LogP) is 1.01. The fourth-order valence-corrected chi connectivity index (χ4v) is 0.661. The summed E-state index contributed by atoms with van der Waals surface area (Å²) in [5, 5.41) is 0. The molecule has 0 aromatic heterocycles. The monoisotopic (exact) mass is 177 g/mol. The Balaban J connectivity index is 3.15. The molecule has 1 unspecified atom stereocenters. The molecule has 70 valence electrons. The number of alkyl halides is 2. The van der Waals surface area contributed by atoms with Gasteiger partial charge < -0.3 is 10.5 Å². The van der Waals surface area contributed by atoms with Gasteiger partial charge >= 0.3 is 0 Å². The Kier molecular flexibility index (Phi) is 6.63. The highest BCUT2D eigenvalue weighted by Gasteiger charge is 2.03. The first-order valence-electron chi connectivity index (χ1n) is 3.71. The number of terminal acetylenes is 1. The second-order valence-corrected chi connectivity index (χ2v) is 2.42. The minimum Gasteiger partial charge on any atom is -0.375 e. The molecule has 4 heteroatoms. The van der Waals surface area contributed by atoms with Crippen LogP contribution in [0.4, 0.5) is 8.78 Å². The molecule has 0 aromatic rings. The van der Waals surface area contributed by atoms with Crippen LogP contribution in [0.25, 0.3) is 0 Å². The van der Waals surface area contributed by atoms with Crippen LogP contribution in [-0.2, 0) is 4.74 Å². The van der Waals surface area contributed by atoms with Gasteiger partial charge in [-0.1, -0.05) is 0 Å². The van der Waals surface area contributed by atoms with Crippen LogP contribution in [0.5, 0.6) is 0 Å². The number of ether oxygens (including phenoxy) is 1. The Hall–Kier alpha value is -0.660. The van der Waals surface area contributed by atoms with E-state index in [1.165, 1.54) is 0 Å². The van der Waals surface area contributed by atoms with E-state index in [1.54, 1.807) is 0 Å². The van der Waals surface area contributed by atoms with Crippen molar-refractivity contribution < 1.29 is 13.5 Å². The lowest BCUT2D eigenvalue weighted by Crippen LogP contribution is -2.21. The number of rotatable bonds is 6. The minimum absolute atomic E-state index is 0.146.